The first-order valence-corrected chi connectivity index (χ1v) is 5.73. The Bertz CT molecular complexity index is 256. The highest BCUT2D eigenvalue weighted by atomic mass is 16.4. The lowest BCUT2D eigenvalue weighted by Gasteiger charge is -2.21. The van der Waals surface area contributed by atoms with Gasteiger partial charge in [-0.15, -0.1) is 0 Å². The van der Waals surface area contributed by atoms with Gasteiger partial charge >= 0.3 is 12.0 Å². The molecule has 0 spiro atoms. The van der Waals surface area contributed by atoms with E-state index in [1.165, 1.54) is 4.90 Å². The maximum atomic E-state index is 11.6. The van der Waals surface area contributed by atoms with Crippen molar-refractivity contribution in [1.29, 1.82) is 0 Å². The number of carboxylic acid groups (broad SMARTS) is 1. The number of rotatable bonds is 7. The minimum Gasteiger partial charge on any atom is -0.480 e. The number of hydrogen-bond acceptors (Lipinski definition) is 3. The zero-order valence-electron chi connectivity index (χ0n) is 10.6. The van der Waals surface area contributed by atoms with Crippen molar-refractivity contribution < 1.29 is 19.8 Å². The minimum atomic E-state index is -1.13. The highest BCUT2D eigenvalue weighted by molar-refractivity contribution is 5.82. The first-order chi connectivity index (χ1) is 7.88. The number of nitrogens with one attached hydrogen (secondary N) is 1. The van der Waals surface area contributed by atoms with Gasteiger partial charge in [0.05, 0.1) is 0 Å². The summed E-state index contributed by atoms with van der Waals surface area (Å²) in [5.74, 6) is -0.650. The molecule has 1 atom stereocenters. The minimum absolute atomic E-state index is 0.0130. The SMILES string of the molecule is CC(C)CCN(C)C(=O)N[C@@H](CCO)C(=O)O. The number of urea groups is 1. The van der Waals surface area contributed by atoms with Crippen molar-refractivity contribution in [2.75, 3.05) is 20.2 Å². The van der Waals surface area contributed by atoms with Gasteiger partial charge < -0.3 is 20.4 Å². The van der Waals surface area contributed by atoms with Crippen LogP contribution in [0.4, 0.5) is 4.79 Å². The van der Waals surface area contributed by atoms with E-state index in [2.05, 4.69) is 19.2 Å². The van der Waals surface area contributed by atoms with Crippen molar-refractivity contribution in [2.24, 2.45) is 5.92 Å². The molecule has 0 unspecified atom stereocenters. The average Bonchev–Trinajstić information content (AvgIpc) is 2.24. The molecule has 0 fully saturated rings. The normalized spacial score (nSPS) is 12.3. The zero-order chi connectivity index (χ0) is 13.4. The number of aliphatic hydroxyl groups is 1. The molecular formula is C11H22N2O4. The van der Waals surface area contributed by atoms with Crippen LogP contribution in [-0.2, 0) is 4.79 Å². The predicted molar refractivity (Wildman–Crippen MR) is 63.7 cm³/mol. The fourth-order valence-corrected chi connectivity index (χ4v) is 1.20. The van der Waals surface area contributed by atoms with Crippen LogP contribution < -0.4 is 5.32 Å². The quantitative estimate of drug-likeness (QED) is 0.610. The molecule has 6 nitrogen and oxygen atoms in total. The summed E-state index contributed by atoms with van der Waals surface area (Å²) >= 11 is 0. The zero-order valence-corrected chi connectivity index (χ0v) is 10.6. The molecule has 0 aliphatic heterocycles. The van der Waals surface area contributed by atoms with E-state index in [-0.39, 0.29) is 13.0 Å². The predicted octanol–water partition coefficient (Wildman–Crippen LogP) is 0.509. The summed E-state index contributed by atoms with van der Waals surface area (Å²) in [6.07, 6.45) is 0.876. The van der Waals surface area contributed by atoms with Crippen LogP contribution in [0.25, 0.3) is 0 Å². The molecule has 0 saturated heterocycles. The summed E-state index contributed by atoms with van der Waals surface area (Å²) < 4.78 is 0. The van der Waals surface area contributed by atoms with Gasteiger partial charge in [-0.25, -0.2) is 9.59 Å². The monoisotopic (exact) mass is 246 g/mol. The second-order valence-corrected chi connectivity index (χ2v) is 4.46. The van der Waals surface area contributed by atoms with E-state index in [1.54, 1.807) is 7.05 Å². The van der Waals surface area contributed by atoms with E-state index >= 15 is 0 Å². The summed E-state index contributed by atoms with van der Waals surface area (Å²) in [5.41, 5.74) is 0. The fraction of sp³-hybridized carbons (Fsp3) is 0.818. The maximum Gasteiger partial charge on any atom is 0.326 e. The first kappa shape index (κ1) is 15.7. The summed E-state index contributed by atoms with van der Waals surface area (Å²) in [6, 6.07) is -1.46. The van der Waals surface area contributed by atoms with E-state index in [1.807, 2.05) is 0 Å². The molecule has 0 saturated carbocycles. The molecular weight excluding hydrogens is 224 g/mol. The van der Waals surface area contributed by atoms with E-state index in [0.717, 1.165) is 6.42 Å². The smallest absolute Gasteiger partial charge is 0.326 e. The summed E-state index contributed by atoms with van der Waals surface area (Å²) in [5, 5.41) is 19.9. The van der Waals surface area contributed by atoms with Crippen molar-refractivity contribution in [2.45, 2.75) is 32.7 Å². The van der Waals surface area contributed by atoms with Gasteiger partial charge in [0.25, 0.3) is 0 Å². The molecule has 0 rings (SSSR count). The lowest BCUT2D eigenvalue weighted by atomic mass is 10.1. The summed E-state index contributed by atoms with van der Waals surface area (Å²) in [7, 11) is 1.62. The van der Waals surface area contributed by atoms with Gasteiger partial charge in [-0.1, -0.05) is 13.8 Å². The van der Waals surface area contributed by atoms with Crippen LogP contribution in [0.5, 0.6) is 0 Å². The Morgan fingerprint density at radius 2 is 1.88 bits per heavy atom. The van der Waals surface area contributed by atoms with Crippen LogP contribution in [0.1, 0.15) is 26.7 Å². The Hall–Kier alpha value is -1.30. The molecule has 0 aliphatic carbocycles. The second kappa shape index (κ2) is 7.89. The van der Waals surface area contributed by atoms with Gasteiger partial charge in [0.2, 0.25) is 0 Å². The van der Waals surface area contributed by atoms with E-state index in [4.69, 9.17) is 10.2 Å². The molecule has 0 bridgehead atoms. The number of carbonyl (C=O) groups excluding carboxylic acids is 1. The maximum absolute atomic E-state index is 11.6. The van der Waals surface area contributed by atoms with Crippen LogP contribution >= 0.6 is 0 Å². The van der Waals surface area contributed by atoms with Crippen molar-refractivity contribution in [3.8, 4) is 0 Å². The van der Waals surface area contributed by atoms with Crippen molar-refractivity contribution in [3.05, 3.63) is 0 Å². The number of carboxylic acids is 1. The van der Waals surface area contributed by atoms with Crippen LogP contribution in [0.15, 0.2) is 0 Å². The van der Waals surface area contributed by atoms with Gasteiger partial charge in [-0.05, 0) is 12.3 Å². The Labute approximate surface area is 102 Å². The van der Waals surface area contributed by atoms with E-state index in [9.17, 15) is 9.59 Å². The number of aliphatic hydroxyl groups excluding tert-OH is 1. The van der Waals surface area contributed by atoms with Crippen LogP contribution in [0, 0.1) is 5.92 Å². The third-order valence-corrected chi connectivity index (χ3v) is 2.40. The molecule has 17 heavy (non-hydrogen) atoms. The molecule has 0 aliphatic rings. The molecule has 6 heteroatoms. The number of hydrogen-bond donors (Lipinski definition) is 3. The standard InChI is InChI=1S/C11H22N2O4/c1-8(2)4-6-13(3)11(17)12-9(5-7-14)10(15)16/h8-9,14H,4-7H2,1-3H3,(H,12,17)(H,15,16)/t9-/m0/s1. The highest BCUT2D eigenvalue weighted by Crippen LogP contribution is 2.01. The molecule has 0 heterocycles. The number of amides is 2. The molecule has 0 aromatic rings. The first-order valence-electron chi connectivity index (χ1n) is 5.73. The average molecular weight is 246 g/mol. The van der Waals surface area contributed by atoms with Gasteiger partial charge in [0.1, 0.15) is 6.04 Å². The molecule has 0 aromatic heterocycles. The van der Waals surface area contributed by atoms with Crippen LogP contribution in [0.2, 0.25) is 0 Å². The molecule has 100 valence electrons. The molecule has 2 amide bonds. The van der Waals surface area contributed by atoms with Crippen LogP contribution in [0.3, 0.4) is 0 Å². The Morgan fingerprint density at radius 3 is 2.29 bits per heavy atom. The topological polar surface area (TPSA) is 89.9 Å². The number of nitrogens with zero attached hydrogens (tertiary/aromatic N) is 1. The van der Waals surface area contributed by atoms with Crippen molar-refractivity contribution in [3.63, 3.8) is 0 Å². The molecule has 0 radical (unpaired) electrons. The van der Waals surface area contributed by atoms with Gasteiger partial charge in [0, 0.05) is 26.6 Å². The largest absolute Gasteiger partial charge is 0.480 e. The molecule has 3 N–H and O–H groups in total. The summed E-state index contributed by atoms with van der Waals surface area (Å²) in [4.78, 5) is 23.8. The van der Waals surface area contributed by atoms with Gasteiger partial charge in [-0.3, -0.25) is 0 Å². The Balaban J connectivity index is 4.15. The van der Waals surface area contributed by atoms with E-state index in [0.29, 0.717) is 12.5 Å². The number of carbonyl (C=O) groups is 2. The third kappa shape index (κ3) is 6.78. The third-order valence-electron chi connectivity index (χ3n) is 2.40. The van der Waals surface area contributed by atoms with Gasteiger partial charge in [-0.2, -0.15) is 0 Å². The Morgan fingerprint density at radius 1 is 1.29 bits per heavy atom. The number of aliphatic carboxylic acids is 1. The van der Waals surface area contributed by atoms with Gasteiger partial charge in [0.15, 0.2) is 0 Å². The highest BCUT2D eigenvalue weighted by Gasteiger charge is 2.20. The van der Waals surface area contributed by atoms with E-state index < -0.39 is 18.0 Å². The summed E-state index contributed by atoms with van der Waals surface area (Å²) in [6.45, 7) is 4.41. The lowest BCUT2D eigenvalue weighted by Crippen LogP contribution is -2.47. The molecule has 0 aromatic carbocycles. The van der Waals surface area contributed by atoms with Crippen LogP contribution in [-0.4, -0.2) is 53.4 Å². The van der Waals surface area contributed by atoms with Crippen molar-refractivity contribution in [1.82, 2.24) is 10.2 Å². The Kier molecular flexibility index (Phi) is 7.29. The fourth-order valence-electron chi connectivity index (χ4n) is 1.20. The second-order valence-electron chi connectivity index (χ2n) is 4.46. The van der Waals surface area contributed by atoms with Crippen molar-refractivity contribution >= 4 is 12.0 Å². The lowest BCUT2D eigenvalue weighted by molar-refractivity contribution is -0.139.